The molecule has 1 aliphatic heterocycles. The van der Waals surface area contributed by atoms with Gasteiger partial charge in [0, 0.05) is 30.5 Å². The molecule has 144 valence electrons. The molecule has 2 aliphatic rings. The highest BCUT2D eigenvalue weighted by Crippen LogP contribution is 2.52. The smallest absolute Gasteiger partial charge is 0.191 e. The van der Waals surface area contributed by atoms with Crippen molar-refractivity contribution in [2.45, 2.75) is 59.3 Å². The van der Waals surface area contributed by atoms with Crippen molar-refractivity contribution in [2.24, 2.45) is 16.3 Å². The quantitative estimate of drug-likeness (QED) is 0.605. The van der Waals surface area contributed by atoms with Crippen LogP contribution in [0.4, 0.5) is 0 Å². The fourth-order valence-corrected chi connectivity index (χ4v) is 4.26. The fraction of sp³-hybridized carbons (Fsp3) is 0.667. The normalized spacial score (nSPS) is 28.0. The van der Waals surface area contributed by atoms with Gasteiger partial charge in [-0.1, -0.05) is 26.0 Å². The zero-order valence-corrected chi connectivity index (χ0v) is 16.7. The highest BCUT2D eigenvalue weighted by Gasteiger charge is 2.59. The summed E-state index contributed by atoms with van der Waals surface area (Å²) in [5, 5.41) is 7.02. The number of aryl methyl sites for hydroxylation is 1. The molecule has 5 nitrogen and oxygen atoms in total. The van der Waals surface area contributed by atoms with Crippen LogP contribution in [0, 0.1) is 18.3 Å². The van der Waals surface area contributed by atoms with Gasteiger partial charge in [0.05, 0.1) is 12.6 Å². The number of guanidine groups is 1. The van der Waals surface area contributed by atoms with Crippen LogP contribution in [0.25, 0.3) is 0 Å². The number of rotatable bonds is 6. The van der Waals surface area contributed by atoms with Crippen LogP contribution in [0.3, 0.4) is 0 Å². The molecule has 26 heavy (non-hydrogen) atoms. The molecule has 0 aromatic heterocycles. The zero-order chi connectivity index (χ0) is 18.7. The van der Waals surface area contributed by atoms with Crippen LogP contribution in [0.2, 0.25) is 0 Å². The first-order valence-electron chi connectivity index (χ1n) is 9.81. The molecule has 4 unspecified atom stereocenters. The predicted octanol–water partition coefficient (Wildman–Crippen LogP) is 3.13. The summed E-state index contributed by atoms with van der Waals surface area (Å²) in [6.07, 6.45) is 1.54. The van der Waals surface area contributed by atoms with Gasteiger partial charge in [-0.2, -0.15) is 0 Å². The van der Waals surface area contributed by atoms with Crippen LogP contribution in [0.5, 0.6) is 5.75 Å². The molecule has 1 aromatic rings. The van der Waals surface area contributed by atoms with Gasteiger partial charge in [0.15, 0.2) is 5.96 Å². The predicted molar refractivity (Wildman–Crippen MR) is 106 cm³/mol. The number of aliphatic imine (C=N–C) groups is 1. The molecule has 1 heterocycles. The summed E-state index contributed by atoms with van der Waals surface area (Å²) in [6, 6.07) is 8.55. The minimum absolute atomic E-state index is 0.0178. The Morgan fingerprint density at radius 3 is 2.96 bits per heavy atom. The van der Waals surface area contributed by atoms with Crippen molar-refractivity contribution in [2.75, 3.05) is 19.7 Å². The van der Waals surface area contributed by atoms with Gasteiger partial charge in [0.25, 0.3) is 0 Å². The lowest BCUT2D eigenvalue weighted by atomic mass is 9.57. The van der Waals surface area contributed by atoms with Crippen LogP contribution in [-0.2, 0) is 4.74 Å². The highest BCUT2D eigenvalue weighted by atomic mass is 16.5. The monoisotopic (exact) mass is 359 g/mol. The second-order valence-corrected chi connectivity index (χ2v) is 8.15. The van der Waals surface area contributed by atoms with E-state index in [1.165, 1.54) is 5.56 Å². The van der Waals surface area contributed by atoms with Gasteiger partial charge in [0.2, 0.25) is 0 Å². The van der Waals surface area contributed by atoms with Crippen LogP contribution in [-0.4, -0.2) is 43.9 Å². The van der Waals surface area contributed by atoms with Gasteiger partial charge in [-0.3, -0.25) is 0 Å². The summed E-state index contributed by atoms with van der Waals surface area (Å²) in [6.45, 7) is 13.1. The number of ether oxygens (including phenoxy) is 2. The highest BCUT2D eigenvalue weighted by molar-refractivity contribution is 5.80. The second-order valence-electron chi connectivity index (χ2n) is 8.15. The molecule has 0 amide bonds. The van der Waals surface area contributed by atoms with E-state index in [1.54, 1.807) is 0 Å². The molecule has 0 spiro atoms. The summed E-state index contributed by atoms with van der Waals surface area (Å²) in [4.78, 5) is 4.76. The van der Waals surface area contributed by atoms with Crippen LogP contribution in [0.15, 0.2) is 29.3 Å². The Hall–Kier alpha value is -1.75. The zero-order valence-electron chi connectivity index (χ0n) is 16.7. The van der Waals surface area contributed by atoms with E-state index in [-0.39, 0.29) is 11.5 Å². The maximum atomic E-state index is 6.00. The standard InChI is InChI=1S/C21H33N3O2/c1-6-22-20(24-18-17-10-11-25-19(17)21(18,4)5)23-13-15(3)26-16-9-7-8-14(2)12-16/h7-9,12,15,17-19H,6,10-11,13H2,1-5H3,(H2,22,23,24). The van der Waals surface area contributed by atoms with Crippen LogP contribution < -0.4 is 15.4 Å². The third kappa shape index (κ3) is 3.98. The van der Waals surface area contributed by atoms with E-state index in [1.807, 2.05) is 12.1 Å². The molecule has 1 aliphatic carbocycles. The van der Waals surface area contributed by atoms with E-state index >= 15 is 0 Å². The lowest BCUT2D eigenvalue weighted by Crippen LogP contribution is -2.68. The average molecular weight is 360 g/mol. The van der Waals surface area contributed by atoms with Crippen molar-refractivity contribution in [3.05, 3.63) is 29.8 Å². The molecule has 2 N–H and O–H groups in total. The Labute approximate surface area is 157 Å². The lowest BCUT2D eigenvalue weighted by molar-refractivity contribution is -0.106. The molecular formula is C21H33N3O2. The Morgan fingerprint density at radius 1 is 1.42 bits per heavy atom. The van der Waals surface area contributed by atoms with Gasteiger partial charge >= 0.3 is 0 Å². The minimum atomic E-state index is 0.0178. The number of fused-ring (bicyclic) bond motifs is 1. The third-order valence-corrected chi connectivity index (χ3v) is 5.57. The number of hydrogen-bond acceptors (Lipinski definition) is 3. The number of nitrogens with zero attached hydrogens (tertiary/aromatic N) is 1. The van der Waals surface area contributed by atoms with Gasteiger partial charge < -0.3 is 20.1 Å². The van der Waals surface area contributed by atoms with Crippen molar-refractivity contribution in [3.63, 3.8) is 0 Å². The van der Waals surface area contributed by atoms with E-state index in [0.717, 1.165) is 31.3 Å². The molecule has 1 saturated heterocycles. The fourth-order valence-electron chi connectivity index (χ4n) is 4.26. The Balaban J connectivity index is 1.58. The van der Waals surface area contributed by atoms with Gasteiger partial charge in [-0.15, -0.1) is 0 Å². The Bertz CT molecular complexity index is 644. The number of nitrogens with one attached hydrogen (secondary N) is 2. The largest absolute Gasteiger partial charge is 0.489 e. The first-order chi connectivity index (χ1) is 12.4. The summed E-state index contributed by atoms with van der Waals surface area (Å²) in [5.41, 5.74) is 1.34. The molecule has 4 atom stereocenters. The molecule has 0 bridgehead atoms. The SMILES string of the molecule is CCNC(=NCC(C)Oc1cccc(C)c1)NC1C2CCOC2C1(C)C. The van der Waals surface area contributed by atoms with Gasteiger partial charge in [-0.05, 0) is 44.9 Å². The third-order valence-electron chi connectivity index (χ3n) is 5.57. The van der Waals surface area contributed by atoms with E-state index in [2.05, 4.69) is 57.4 Å². The molecule has 5 heteroatoms. The first-order valence-corrected chi connectivity index (χ1v) is 9.81. The summed E-state index contributed by atoms with van der Waals surface area (Å²) < 4.78 is 11.9. The van der Waals surface area contributed by atoms with Crippen molar-refractivity contribution < 1.29 is 9.47 Å². The lowest BCUT2D eigenvalue weighted by Gasteiger charge is -2.54. The molecule has 0 radical (unpaired) electrons. The average Bonchev–Trinajstić information content (AvgIpc) is 3.04. The molecule has 1 saturated carbocycles. The first kappa shape index (κ1) is 19.0. The van der Waals surface area contributed by atoms with Crippen molar-refractivity contribution in [3.8, 4) is 5.75 Å². The number of benzene rings is 1. The van der Waals surface area contributed by atoms with Crippen molar-refractivity contribution >= 4 is 5.96 Å². The molecular weight excluding hydrogens is 326 g/mol. The Morgan fingerprint density at radius 2 is 2.23 bits per heavy atom. The molecule has 3 rings (SSSR count). The van der Waals surface area contributed by atoms with E-state index in [9.17, 15) is 0 Å². The Kier molecular flexibility index (Phi) is 5.76. The van der Waals surface area contributed by atoms with E-state index in [4.69, 9.17) is 14.5 Å². The van der Waals surface area contributed by atoms with Crippen LogP contribution in [0.1, 0.15) is 39.7 Å². The molecule has 2 fully saturated rings. The van der Waals surface area contributed by atoms with E-state index in [0.29, 0.717) is 24.6 Å². The van der Waals surface area contributed by atoms with E-state index < -0.39 is 0 Å². The topological polar surface area (TPSA) is 54.9 Å². The van der Waals surface area contributed by atoms with Crippen molar-refractivity contribution in [1.82, 2.24) is 10.6 Å². The minimum Gasteiger partial charge on any atom is -0.489 e. The summed E-state index contributed by atoms with van der Waals surface area (Å²) >= 11 is 0. The van der Waals surface area contributed by atoms with Gasteiger partial charge in [0.1, 0.15) is 11.9 Å². The second kappa shape index (κ2) is 7.87. The van der Waals surface area contributed by atoms with Crippen molar-refractivity contribution in [1.29, 1.82) is 0 Å². The summed E-state index contributed by atoms with van der Waals surface area (Å²) in [5.74, 6) is 2.36. The van der Waals surface area contributed by atoms with Crippen LogP contribution >= 0.6 is 0 Å². The van der Waals surface area contributed by atoms with Gasteiger partial charge in [-0.25, -0.2) is 4.99 Å². The number of hydrogen-bond donors (Lipinski definition) is 2. The molecule has 1 aromatic carbocycles. The summed E-state index contributed by atoms with van der Waals surface area (Å²) in [7, 11) is 0. The maximum Gasteiger partial charge on any atom is 0.191 e. The maximum absolute atomic E-state index is 6.00.